The molecule has 7 aromatic rings. The van der Waals surface area contributed by atoms with E-state index >= 15 is 0 Å². The maximum atomic E-state index is 12.5. The van der Waals surface area contributed by atoms with Crippen LogP contribution in [0.2, 0.25) is 20.1 Å². The van der Waals surface area contributed by atoms with E-state index < -0.39 is 35.9 Å². The van der Waals surface area contributed by atoms with Crippen molar-refractivity contribution in [3.8, 4) is 5.75 Å². The number of anilines is 1. The number of phenolic OH excluding ortho intramolecular Hbond substituents is 1. The van der Waals surface area contributed by atoms with E-state index in [2.05, 4.69) is 83.0 Å². The van der Waals surface area contributed by atoms with Crippen LogP contribution in [0.15, 0.2) is 81.4 Å². The highest BCUT2D eigenvalue weighted by Crippen LogP contribution is 2.40. The summed E-state index contributed by atoms with van der Waals surface area (Å²) in [5.41, 5.74) is 8.83. The fraction of sp³-hybridized carbons (Fsp3) is 0.438. The molecule has 4 aromatic carbocycles. The van der Waals surface area contributed by atoms with Gasteiger partial charge in [-0.1, -0.05) is 123 Å². The van der Waals surface area contributed by atoms with Crippen molar-refractivity contribution in [2.45, 2.75) is 155 Å². The lowest BCUT2D eigenvalue weighted by atomic mass is 9.97. The van der Waals surface area contributed by atoms with Gasteiger partial charge in [0.05, 0.1) is 46.1 Å². The summed E-state index contributed by atoms with van der Waals surface area (Å²) < 4.78 is 65.9. The van der Waals surface area contributed by atoms with Crippen molar-refractivity contribution in [2.24, 2.45) is 0 Å². The SMILES string of the molecule is CC(C)(C)c1nc2ccc(Cl)c(S)c2o1.CC(C)S(=O)(=O)c1c(Cl)ccc(N)c1O.CC(C)S(=O)(=O)c1c(Cl)ccc2nc(C(C)(C)C)oc12.CC(C)Sc1c(Cl)ccc2nc(C(C)(C)C)oc12. The largest absolute Gasteiger partial charge is 0.504 e. The Bertz CT molecular complexity index is 3160. The number of aromatic hydroxyl groups is 1. The minimum atomic E-state index is -3.62. The zero-order valence-corrected chi connectivity index (χ0v) is 47.1. The van der Waals surface area contributed by atoms with Gasteiger partial charge in [-0.05, 0) is 76.2 Å². The van der Waals surface area contributed by atoms with E-state index in [0.29, 0.717) is 38.0 Å². The lowest BCUT2D eigenvalue weighted by Gasteiger charge is -2.12. The first-order chi connectivity index (χ1) is 31.0. The van der Waals surface area contributed by atoms with Crippen molar-refractivity contribution < 1.29 is 35.2 Å². The van der Waals surface area contributed by atoms with Gasteiger partial charge in [-0.15, -0.1) is 24.4 Å². The van der Waals surface area contributed by atoms with Crippen LogP contribution in [0.4, 0.5) is 5.69 Å². The summed E-state index contributed by atoms with van der Waals surface area (Å²) in [5.74, 6) is 1.48. The molecule has 3 heterocycles. The quantitative estimate of drug-likeness (QED) is 0.0617. The molecule has 0 radical (unpaired) electrons. The van der Waals surface area contributed by atoms with Crippen molar-refractivity contribution in [1.29, 1.82) is 0 Å². The molecule has 3 N–H and O–H groups in total. The molecule has 0 aliphatic rings. The molecule has 0 spiro atoms. The number of rotatable bonds is 6. The van der Waals surface area contributed by atoms with E-state index in [9.17, 15) is 21.9 Å². The third kappa shape index (κ3) is 13.1. The van der Waals surface area contributed by atoms with Crippen molar-refractivity contribution in [2.75, 3.05) is 5.73 Å². The number of sulfone groups is 2. The molecule has 372 valence electrons. The summed E-state index contributed by atoms with van der Waals surface area (Å²) in [6.45, 7) is 28.8. The number of phenols is 1. The Labute approximate surface area is 429 Å². The van der Waals surface area contributed by atoms with Crippen LogP contribution in [0.1, 0.15) is 122 Å². The number of aromatic nitrogens is 3. The first-order valence-electron chi connectivity index (χ1n) is 21.4. The van der Waals surface area contributed by atoms with Gasteiger partial charge in [-0.25, -0.2) is 31.8 Å². The molecular formula is C48H60Cl4N4O8S4. The monoisotopic (exact) mass is 1090 g/mol. The predicted molar refractivity (Wildman–Crippen MR) is 284 cm³/mol. The van der Waals surface area contributed by atoms with Crippen LogP contribution in [0.5, 0.6) is 5.75 Å². The fourth-order valence-electron chi connectivity index (χ4n) is 5.72. The molecule has 7 rings (SSSR count). The minimum absolute atomic E-state index is 0.00127. The van der Waals surface area contributed by atoms with Gasteiger partial charge >= 0.3 is 0 Å². The van der Waals surface area contributed by atoms with E-state index in [0.717, 1.165) is 32.4 Å². The van der Waals surface area contributed by atoms with E-state index in [1.807, 2.05) is 39.0 Å². The molecule has 0 amide bonds. The molecule has 3 aromatic heterocycles. The van der Waals surface area contributed by atoms with Gasteiger partial charge in [0.15, 0.2) is 42.2 Å². The summed E-state index contributed by atoms with van der Waals surface area (Å²) >= 11 is 30.1. The van der Waals surface area contributed by atoms with Crippen LogP contribution in [-0.4, -0.2) is 52.6 Å². The van der Waals surface area contributed by atoms with Crippen molar-refractivity contribution in [1.82, 2.24) is 15.0 Å². The minimum Gasteiger partial charge on any atom is -0.504 e. The number of thioether (sulfide) groups is 1. The summed E-state index contributed by atoms with van der Waals surface area (Å²) in [4.78, 5) is 14.7. The number of halogens is 4. The number of benzene rings is 4. The maximum absolute atomic E-state index is 12.5. The number of nitrogens with zero attached hydrogens (tertiary/aromatic N) is 3. The number of hydrogen-bond donors (Lipinski definition) is 3. The third-order valence-corrected chi connectivity index (χ3v) is 17.3. The van der Waals surface area contributed by atoms with Gasteiger partial charge in [-0.2, -0.15) is 0 Å². The molecule has 0 fully saturated rings. The number of nitrogen functional groups attached to an aromatic ring is 1. The second-order valence-electron chi connectivity index (χ2n) is 19.7. The maximum Gasteiger partial charge on any atom is 0.200 e. The number of oxazole rings is 3. The summed E-state index contributed by atoms with van der Waals surface area (Å²) in [6.07, 6.45) is 0. The van der Waals surface area contributed by atoms with Gasteiger partial charge in [0.1, 0.15) is 26.3 Å². The van der Waals surface area contributed by atoms with Crippen molar-refractivity contribution in [3.63, 3.8) is 0 Å². The molecule has 0 aliphatic heterocycles. The van der Waals surface area contributed by atoms with Crippen LogP contribution >= 0.6 is 70.8 Å². The Morgan fingerprint density at radius 1 is 0.559 bits per heavy atom. The molecule has 68 heavy (non-hydrogen) atoms. The van der Waals surface area contributed by atoms with Gasteiger partial charge in [-0.3, -0.25) is 0 Å². The standard InChI is InChI=1S/C14H18ClNO3S.C14H18ClNOS.C11H12ClNOS.C9H12ClNO3S/c1-8(2)20(17,18)12-9(15)6-7-10-11(12)19-13(16-10)14(3,4)5;1-8(2)18-12-9(15)6-7-10-11(12)17-13(16-10)14(3,4)5;1-11(2,3)10-13-7-5-4-6(12)9(15)8(7)14-10;1-5(2)15(13,14)9-6(10)3-4-7(11)8(9)12/h6-8H,1-5H3;6-8H,1-5H3;4-5,15H,1-3H3;3-5,12H,11H2,1-2H3. The van der Waals surface area contributed by atoms with Crippen molar-refractivity contribution >= 4 is 129 Å². The van der Waals surface area contributed by atoms with E-state index in [4.69, 9.17) is 65.4 Å². The van der Waals surface area contributed by atoms with E-state index in [1.54, 1.807) is 43.8 Å². The number of hydrogen-bond acceptors (Lipinski definition) is 14. The van der Waals surface area contributed by atoms with Gasteiger partial charge < -0.3 is 24.1 Å². The van der Waals surface area contributed by atoms with Gasteiger partial charge in [0.2, 0.25) is 17.7 Å². The van der Waals surface area contributed by atoms with Gasteiger partial charge in [0, 0.05) is 21.5 Å². The topological polar surface area (TPSA) is 193 Å². The Morgan fingerprint density at radius 2 is 0.912 bits per heavy atom. The average Bonchev–Trinajstić information content (AvgIpc) is 3.97. The molecule has 0 unspecified atom stereocenters. The fourth-order valence-corrected chi connectivity index (χ4v) is 10.7. The van der Waals surface area contributed by atoms with Crippen LogP contribution in [0.3, 0.4) is 0 Å². The lowest BCUT2D eigenvalue weighted by Crippen LogP contribution is -2.15. The Balaban J connectivity index is 0.000000199. The summed E-state index contributed by atoms with van der Waals surface area (Å²) in [6, 6.07) is 13.4. The van der Waals surface area contributed by atoms with E-state index in [1.165, 1.54) is 26.0 Å². The molecule has 0 saturated carbocycles. The highest BCUT2D eigenvalue weighted by molar-refractivity contribution is 8.00. The first-order valence-corrected chi connectivity index (χ1v) is 27.3. The Morgan fingerprint density at radius 3 is 1.35 bits per heavy atom. The first kappa shape index (κ1) is 57.2. The number of nitrogens with two attached hydrogens (primary N) is 1. The van der Waals surface area contributed by atoms with Crippen LogP contribution in [0, 0.1) is 0 Å². The lowest BCUT2D eigenvalue weighted by molar-refractivity contribution is 0.408. The van der Waals surface area contributed by atoms with Crippen LogP contribution in [-0.2, 0) is 35.9 Å². The normalized spacial score (nSPS) is 12.6. The molecule has 0 saturated heterocycles. The smallest absolute Gasteiger partial charge is 0.200 e. The zero-order chi connectivity index (χ0) is 51.8. The summed E-state index contributed by atoms with van der Waals surface area (Å²) in [5, 5.41) is 10.3. The Kier molecular flexibility index (Phi) is 18.1. The van der Waals surface area contributed by atoms with Gasteiger partial charge in [0.25, 0.3) is 0 Å². The predicted octanol–water partition coefficient (Wildman–Crippen LogP) is 15.1. The molecule has 20 heteroatoms. The van der Waals surface area contributed by atoms with Crippen LogP contribution in [0.25, 0.3) is 33.3 Å². The molecule has 0 aliphatic carbocycles. The highest BCUT2D eigenvalue weighted by Gasteiger charge is 2.31. The second-order valence-corrected chi connectivity index (χ2v) is 28.2. The second kappa shape index (κ2) is 21.6. The average molecular weight is 1090 g/mol. The number of fused-ring (bicyclic) bond motifs is 3. The molecule has 12 nitrogen and oxygen atoms in total. The zero-order valence-electron chi connectivity index (χ0n) is 40.8. The van der Waals surface area contributed by atoms with Crippen LogP contribution < -0.4 is 5.73 Å². The Hall–Kier alpha value is -3.35. The molecule has 0 atom stereocenters. The summed E-state index contributed by atoms with van der Waals surface area (Å²) in [7, 11) is -7.15. The third-order valence-electron chi connectivity index (χ3n) is 9.61. The molecule has 0 bridgehead atoms. The van der Waals surface area contributed by atoms with Crippen molar-refractivity contribution in [3.05, 3.63) is 86.3 Å². The molecular weight excluding hydrogens is 1030 g/mol. The highest BCUT2D eigenvalue weighted by atomic mass is 35.5. The van der Waals surface area contributed by atoms with E-state index in [-0.39, 0.29) is 47.4 Å². The number of thiol groups is 1.